The molecule has 6 nitrogen and oxygen atoms in total. The number of benzene rings is 2. The van der Waals surface area contributed by atoms with Crippen LogP contribution in [0.15, 0.2) is 48.5 Å². The van der Waals surface area contributed by atoms with E-state index in [1.807, 2.05) is 18.2 Å². The molecule has 4 atom stereocenters. The molecule has 0 saturated heterocycles. The number of nitrogens with zero attached hydrogens (tertiary/aromatic N) is 1. The van der Waals surface area contributed by atoms with E-state index in [1.54, 1.807) is 14.0 Å². The number of fused-ring (bicyclic) bond motifs is 2. The summed E-state index contributed by atoms with van der Waals surface area (Å²) in [7, 11) is 1.64. The number of carbonyl (C=O) groups is 1. The Morgan fingerprint density at radius 1 is 1.08 bits per heavy atom. The van der Waals surface area contributed by atoms with E-state index in [0.29, 0.717) is 6.42 Å². The average molecular weight is 502 g/mol. The van der Waals surface area contributed by atoms with Crippen molar-refractivity contribution >= 4 is 5.97 Å². The van der Waals surface area contributed by atoms with Gasteiger partial charge in [0.2, 0.25) is 6.79 Å². The van der Waals surface area contributed by atoms with Crippen LogP contribution in [0, 0.1) is 11.8 Å². The van der Waals surface area contributed by atoms with E-state index in [2.05, 4.69) is 44.2 Å². The van der Waals surface area contributed by atoms with E-state index in [-0.39, 0.29) is 24.5 Å². The molecule has 0 bridgehead atoms. The number of unbranched alkanes of at least 4 members (excludes halogenated alkanes) is 1. The molecule has 2 aromatic carbocycles. The zero-order chi connectivity index (χ0) is 26.1. The second kappa shape index (κ2) is 10.4. The van der Waals surface area contributed by atoms with Crippen LogP contribution in [0.5, 0.6) is 17.2 Å². The molecule has 0 spiro atoms. The van der Waals surface area contributed by atoms with E-state index in [1.165, 1.54) is 11.1 Å². The lowest BCUT2D eigenvalue weighted by atomic mass is 9.79. The third-order valence-electron chi connectivity index (χ3n) is 7.87. The average Bonchev–Trinajstić information content (AvgIpc) is 3.48. The molecular weight excluding hydrogens is 466 g/mol. The van der Waals surface area contributed by atoms with Gasteiger partial charge in [-0.15, -0.1) is 0 Å². The van der Waals surface area contributed by atoms with Gasteiger partial charge in [-0.05, 0) is 77.8 Å². The van der Waals surface area contributed by atoms with Crippen LogP contribution >= 0.6 is 0 Å². The molecule has 0 saturated carbocycles. The molecule has 0 fully saturated rings. The summed E-state index contributed by atoms with van der Waals surface area (Å²) in [5, 5.41) is 9.66. The number of hydrogen-bond donors (Lipinski definition) is 1. The zero-order valence-corrected chi connectivity index (χ0v) is 22.0. The van der Waals surface area contributed by atoms with Gasteiger partial charge < -0.3 is 19.3 Å². The van der Waals surface area contributed by atoms with Crippen LogP contribution in [0.3, 0.4) is 0 Å². The Kier molecular flexibility index (Phi) is 7.09. The lowest BCUT2D eigenvalue weighted by Crippen LogP contribution is -2.17. The van der Waals surface area contributed by atoms with Crippen molar-refractivity contribution in [3.05, 3.63) is 82.2 Å². The fraction of sp³-hybridized carbons (Fsp3) is 0.419. The highest BCUT2D eigenvalue weighted by Crippen LogP contribution is 2.53. The maximum atomic E-state index is 11.8. The molecule has 5 rings (SSSR count). The number of carboxylic acids is 1. The van der Waals surface area contributed by atoms with Crippen molar-refractivity contribution in [3.63, 3.8) is 0 Å². The number of aliphatic carboxylic acids is 1. The Morgan fingerprint density at radius 2 is 1.86 bits per heavy atom. The molecule has 2 heterocycles. The van der Waals surface area contributed by atoms with Crippen molar-refractivity contribution in [2.24, 2.45) is 11.8 Å². The SMILES string of the molecule is CCCCc1ccc2c(n1)C(c1ccc(OC)cc1C[C@H](C)C(=O)O)[C@H](C)C2c1ccc2c(c1)OCO2. The molecule has 1 N–H and O–H groups in total. The minimum absolute atomic E-state index is 0.0360. The largest absolute Gasteiger partial charge is 0.497 e. The van der Waals surface area contributed by atoms with Crippen LogP contribution in [0.1, 0.15) is 79.1 Å². The minimum atomic E-state index is -0.799. The number of aromatic nitrogens is 1. The summed E-state index contributed by atoms with van der Waals surface area (Å²) in [4.78, 5) is 17.0. The molecule has 0 radical (unpaired) electrons. The summed E-state index contributed by atoms with van der Waals surface area (Å²) < 4.78 is 16.8. The molecule has 0 amide bonds. The smallest absolute Gasteiger partial charge is 0.306 e. The first-order chi connectivity index (χ1) is 17.9. The van der Waals surface area contributed by atoms with Gasteiger partial charge in [-0.3, -0.25) is 9.78 Å². The Bertz CT molecular complexity index is 1300. The van der Waals surface area contributed by atoms with Crippen LogP contribution in [0.2, 0.25) is 0 Å². The Balaban J connectivity index is 1.63. The van der Waals surface area contributed by atoms with E-state index in [0.717, 1.165) is 59.0 Å². The lowest BCUT2D eigenvalue weighted by molar-refractivity contribution is -0.141. The first kappa shape index (κ1) is 25.1. The zero-order valence-electron chi connectivity index (χ0n) is 22.0. The number of ether oxygens (including phenoxy) is 3. The lowest BCUT2D eigenvalue weighted by Gasteiger charge is -2.25. The van der Waals surface area contributed by atoms with Crippen LogP contribution in [-0.2, 0) is 17.6 Å². The number of aryl methyl sites for hydroxylation is 1. The summed E-state index contributed by atoms with van der Waals surface area (Å²) in [5.74, 6) is 1.36. The fourth-order valence-electron chi connectivity index (χ4n) is 5.89. The van der Waals surface area contributed by atoms with E-state index in [4.69, 9.17) is 19.2 Å². The van der Waals surface area contributed by atoms with Crippen molar-refractivity contribution in [3.8, 4) is 17.2 Å². The second-order valence-corrected chi connectivity index (χ2v) is 10.3. The minimum Gasteiger partial charge on any atom is -0.497 e. The van der Waals surface area contributed by atoms with Crippen molar-refractivity contribution < 1.29 is 24.1 Å². The molecule has 2 aliphatic rings. The number of pyridine rings is 1. The summed E-state index contributed by atoms with van der Waals surface area (Å²) in [6.07, 6.45) is 3.60. The highest BCUT2D eigenvalue weighted by Gasteiger charge is 2.42. The predicted molar refractivity (Wildman–Crippen MR) is 142 cm³/mol. The first-order valence-corrected chi connectivity index (χ1v) is 13.2. The van der Waals surface area contributed by atoms with Crippen LogP contribution in [0.4, 0.5) is 0 Å². The van der Waals surface area contributed by atoms with Gasteiger partial charge in [-0.2, -0.15) is 0 Å². The fourth-order valence-corrected chi connectivity index (χ4v) is 5.89. The summed E-state index contributed by atoms with van der Waals surface area (Å²) in [5.41, 5.74) is 6.74. The molecule has 1 aromatic heterocycles. The normalized spacial score (nSPS) is 20.5. The summed E-state index contributed by atoms with van der Waals surface area (Å²) in [6.45, 7) is 6.48. The van der Waals surface area contributed by atoms with E-state index >= 15 is 0 Å². The standard InChI is InChI=1S/C31H35NO5/c1-5-6-7-22-9-11-25-28(20-8-13-26-27(16-20)37-17-36-26)19(3)29(30(25)32-22)24-12-10-23(35-4)15-21(24)14-18(2)31(33)34/h8-13,15-16,18-19,28-29H,5-7,14,17H2,1-4H3,(H,33,34)/t18-,19+,28?,29?/m0/s1. The highest BCUT2D eigenvalue weighted by molar-refractivity contribution is 5.70. The number of methoxy groups -OCH3 is 1. The van der Waals surface area contributed by atoms with Crippen molar-refractivity contribution in [1.82, 2.24) is 4.98 Å². The van der Waals surface area contributed by atoms with E-state index < -0.39 is 11.9 Å². The number of hydrogen-bond acceptors (Lipinski definition) is 5. The third kappa shape index (κ3) is 4.77. The number of carboxylic acid groups (broad SMARTS) is 1. The Hall–Kier alpha value is -3.54. The highest BCUT2D eigenvalue weighted by atomic mass is 16.7. The second-order valence-electron chi connectivity index (χ2n) is 10.3. The molecular formula is C31H35NO5. The molecule has 194 valence electrons. The molecule has 1 aliphatic heterocycles. The summed E-state index contributed by atoms with van der Waals surface area (Å²) in [6, 6.07) is 16.7. The van der Waals surface area contributed by atoms with Gasteiger partial charge in [-0.25, -0.2) is 0 Å². The monoisotopic (exact) mass is 501 g/mol. The maximum Gasteiger partial charge on any atom is 0.306 e. The molecule has 1 aliphatic carbocycles. The van der Waals surface area contributed by atoms with E-state index in [9.17, 15) is 9.90 Å². The van der Waals surface area contributed by atoms with Crippen LogP contribution in [-0.4, -0.2) is 30.0 Å². The first-order valence-electron chi connectivity index (χ1n) is 13.2. The van der Waals surface area contributed by atoms with Gasteiger partial charge in [0.25, 0.3) is 0 Å². The predicted octanol–water partition coefficient (Wildman–Crippen LogP) is 6.34. The molecule has 37 heavy (non-hydrogen) atoms. The topological polar surface area (TPSA) is 77.9 Å². The van der Waals surface area contributed by atoms with Gasteiger partial charge in [0.1, 0.15) is 5.75 Å². The van der Waals surface area contributed by atoms with Gasteiger partial charge in [0.05, 0.1) is 18.7 Å². The molecule has 3 aromatic rings. The Morgan fingerprint density at radius 3 is 2.62 bits per heavy atom. The number of rotatable bonds is 9. The van der Waals surface area contributed by atoms with Crippen molar-refractivity contribution in [2.45, 2.75) is 58.3 Å². The Labute approximate surface area is 218 Å². The third-order valence-corrected chi connectivity index (χ3v) is 7.87. The quantitative estimate of drug-likeness (QED) is 0.369. The van der Waals surface area contributed by atoms with Crippen molar-refractivity contribution in [1.29, 1.82) is 0 Å². The van der Waals surface area contributed by atoms with Gasteiger partial charge in [-0.1, -0.05) is 45.4 Å². The van der Waals surface area contributed by atoms with Crippen molar-refractivity contribution in [2.75, 3.05) is 13.9 Å². The van der Waals surface area contributed by atoms with Gasteiger partial charge in [0, 0.05) is 17.5 Å². The maximum absolute atomic E-state index is 11.8. The molecule has 2 unspecified atom stereocenters. The van der Waals surface area contributed by atoms with Gasteiger partial charge >= 0.3 is 5.97 Å². The van der Waals surface area contributed by atoms with Crippen LogP contribution < -0.4 is 14.2 Å². The van der Waals surface area contributed by atoms with Gasteiger partial charge in [0.15, 0.2) is 11.5 Å². The summed E-state index contributed by atoms with van der Waals surface area (Å²) >= 11 is 0. The van der Waals surface area contributed by atoms with Crippen LogP contribution in [0.25, 0.3) is 0 Å². The molecule has 6 heteroatoms.